The van der Waals surface area contributed by atoms with Crippen LogP contribution in [-0.2, 0) is 6.61 Å². The van der Waals surface area contributed by atoms with Crippen molar-refractivity contribution in [2.75, 3.05) is 11.9 Å². The minimum absolute atomic E-state index is 0.232. The fourth-order valence-corrected chi connectivity index (χ4v) is 2.66. The van der Waals surface area contributed by atoms with E-state index in [2.05, 4.69) is 19.2 Å². The molecule has 0 aliphatic heterocycles. The number of hydrogen-bond acceptors (Lipinski definition) is 3. The largest absolute Gasteiger partial charge is 0.491 e. The summed E-state index contributed by atoms with van der Waals surface area (Å²) in [6.45, 7) is 5.16. The van der Waals surface area contributed by atoms with Crippen molar-refractivity contribution >= 4 is 11.6 Å². The number of anilines is 1. The Morgan fingerprint density at radius 2 is 1.46 bits per heavy atom. The van der Waals surface area contributed by atoms with E-state index < -0.39 is 0 Å². The van der Waals surface area contributed by atoms with Crippen LogP contribution in [0.4, 0.5) is 5.69 Å². The van der Waals surface area contributed by atoms with Gasteiger partial charge in [0.25, 0.3) is 5.91 Å². The van der Waals surface area contributed by atoms with Crippen molar-refractivity contribution < 1.29 is 14.3 Å². The molecule has 0 aliphatic rings. The van der Waals surface area contributed by atoms with E-state index in [1.807, 2.05) is 66.7 Å². The third-order valence-corrected chi connectivity index (χ3v) is 4.08. The molecule has 1 N–H and O–H groups in total. The van der Waals surface area contributed by atoms with Crippen molar-refractivity contribution in [3.05, 3.63) is 90.0 Å². The number of para-hydroxylation sites is 3. The topological polar surface area (TPSA) is 47.6 Å². The van der Waals surface area contributed by atoms with Crippen LogP contribution in [0, 0.1) is 5.92 Å². The van der Waals surface area contributed by atoms with Crippen LogP contribution in [-0.4, -0.2) is 12.5 Å². The standard InChI is InChI=1S/C24H25NO3/c1-18(2)16-27-23-15-9-7-13-21(23)25-24(26)20-12-6-8-14-22(20)28-17-19-10-4-3-5-11-19/h3-15,18H,16-17H2,1-2H3,(H,25,26). The first kappa shape index (κ1) is 19.5. The molecule has 28 heavy (non-hydrogen) atoms. The molecule has 1 amide bonds. The number of ether oxygens (including phenoxy) is 2. The Morgan fingerprint density at radius 1 is 0.821 bits per heavy atom. The summed E-state index contributed by atoms with van der Waals surface area (Å²) in [5.41, 5.74) is 2.17. The molecule has 0 fully saturated rings. The molecule has 144 valence electrons. The predicted octanol–water partition coefficient (Wildman–Crippen LogP) is 5.55. The SMILES string of the molecule is CC(C)COc1ccccc1NC(=O)c1ccccc1OCc1ccccc1. The maximum atomic E-state index is 12.9. The van der Waals surface area contributed by atoms with Gasteiger partial charge in [-0.15, -0.1) is 0 Å². The summed E-state index contributed by atoms with van der Waals surface area (Å²) in [5.74, 6) is 1.37. The number of amides is 1. The average molecular weight is 375 g/mol. The zero-order valence-corrected chi connectivity index (χ0v) is 16.2. The van der Waals surface area contributed by atoms with Crippen molar-refractivity contribution in [1.29, 1.82) is 0 Å². The molecule has 0 spiro atoms. The number of hydrogen-bond donors (Lipinski definition) is 1. The van der Waals surface area contributed by atoms with Crippen molar-refractivity contribution in [3.63, 3.8) is 0 Å². The molecule has 0 atom stereocenters. The van der Waals surface area contributed by atoms with E-state index in [4.69, 9.17) is 9.47 Å². The molecule has 3 rings (SSSR count). The lowest BCUT2D eigenvalue weighted by atomic mass is 10.1. The first-order chi connectivity index (χ1) is 13.6. The van der Waals surface area contributed by atoms with E-state index in [9.17, 15) is 4.79 Å². The molecule has 0 bridgehead atoms. The normalized spacial score (nSPS) is 10.5. The van der Waals surface area contributed by atoms with Crippen molar-refractivity contribution in [3.8, 4) is 11.5 Å². The van der Waals surface area contributed by atoms with Gasteiger partial charge >= 0.3 is 0 Å². The Bertz CT molecular complexity index is 906. The zero-order chi connectivity index (χ0) is 19.8. The number of benzene rings is 3. The van der Waals surface area contributed by atoms with Crippen LogP contribution in [0.15, 0.2) is 78.9 Å². The molecule has 0 radical (unpaired) electrons. The lowest BCUT2D eigenvalue weighted by Gasteiger charge is -2.15. The lowest BCUT2D eigenvalue weighted by molar-refractivity contribution is 0.102. The number of carbonyl (C=O) groups is 1. The highest BCUT2D eigenvalue weighted by Crippen LogP contribution is 2.27. The van der Waals surface area contributed by atoms with E-state index in [0.717, 1.165) is 5.56 Å². The summed E-state index contributed by atoms with van der Waals surface area (Å²) in [6, 6.07) is 24.6. The van der Waals surface area contributed by atoms with Gasteiger partial charge in [-0.2, -0.15) is 0 Å². The molecule has 0 aliphatic carbocycles. The summed E-state index contributed by atoms with van der Waals surface area (Å²) in [7, 11) is 0. The van der Waals surface area contributed by atoms with Crippen LogP contribution >= 0.6 is 0 Å². The molecule has 0 aromatic heterocycles. The number of rotatable bonds is 8. The van der Waals surface area contributed by atoms with Crippen molar-refractivity contribution in [2.45, 2.75) is 20.5 Å². The Hall–Kier alpha value is -3.27. The fraction of sp³-hybridized carbons (Fsp3) is 0.208. The smallest absolute Gasteiger partial charge is 0.259 e. The van der Waals surface area contributed by atoms with E-state index >= 15 is 0 Å². The van der Waals surface area contributed by atoms with Gasteiger partial charge in [-0.05, 0) is 35.7 Å². The second-order valence-electron chi connectivity index (χ2n) is 6.93. The van der Waals surface area contributed by atoms with Gasteiger partial charge in [0, 0.05) is 0 Å². The van der Waals surface area contributed by atoms with Gasteiger partial charge in [0.1, 0.15) is 18.1 Å². The van der Waals surface area contributed by atoms with E-state index in [1.165, 1.54) is 0 Å². The number of nitrogens with one attached hydrogen (secondary N) is 1. The molecular weight excluding hydrogens is 350 g/mol. The summed E-state index contributed by atoms with van der Waals surface area (Å²) in [6.07, 6.45) is 0. The zero-order valence-electron chi connectivity index (χ0n) is 16.2. The molecule has 3 aromatic carbocycles. The van der Waals surface area contributed by atoms with Crippen molar-refractivity contribution in [1.82, 2.24) is 0 Å². The molecule has 0 saturated heterocycles. The molecule has 0 unspecified atom stereocenters. The average Bonchev–Trinajstić information content (AvgIpc) is 2.72. The Kier molecular flexibility index (Phi) is 6.68. The summed E-state index contributed by atoms with van der Waals surface area (Å²) in [5, 5.41) is 2.95. The molecule has 3 aromatic rings. The van der Waals surface area contributed by atoms with Gasteiger partial charge in [-0.3, -0.25) is 4.79 Å². The monoisotopic (exact) mass is 375 g/mol. The minimum atomic E-state index is -0.232. The second-order valence-corrected chi connectivity index (χ2v) is 6.93. The highest BCUT2D eigenvalue weighted by molar-refractivity contribution is 6.06. The van der Waals surface area contributed by atoms with E-state index in [-0.39, 0.29) is 5.91 Å². The van der Waals surface area contributed by atoms with Crippen LogP contribution < -0.4 is 14.8 Å². The Labute approximate surface area is 166 Å². The molecule has 0 saturated carbocycles. The Balaban J connectivity index is 1.73. The second kappa shape index (κ2) is 9.60. The van der Waals surface area contributed by atoms with Gasteiger partial charge in [0.15, 0.2) is 0 Å². The molecule has 4 nitrogen and oxygen atoms in total. The maximum absolute atomic E-state index is 12.9. The summed E-state index contributed by atoms with van der Waals surface area (Å²) in [4.78, 5) is 12.9. The third-order valence-electron chi connectivity index (χ3n) is 4.08. The first-order valence-corrected chi connectivity index (χ1v) is 9.42. The highest BCUT2D eigenvalue weighted by Gasteiger charge is 2.15. The van der Waals surface area contributed by atoms with Gasteiger partial charge < -0.3 is 14.8 Å². The van der Waals surface area contributed by atoms with E-state index in [0.29, 0.717) is 41.9 Å². The first-order valence-electron chi connectivity index (χ1n) is 9.42. The Morgan fingerprint density at radius 3 is 2.21 bits per heavy atom. The quantitative estimate of drug-likeness (QED) is 0.561. The van der Waals surface area contributed by atoms with E-state index in [1.54, 1.807) is 12.1 Å². The summed E-state index contributed by atoms with van der Waals surface area (Å²) < 4.78 is 11.7. The van der Waals surface area contributed by atoms with Gasteiger partial charge in [-0.25, -0.2) is 0 Å². The predicted molar refractivity (Wildman–Crippen MR) is 112 cm³/mol. The van der Waals surface area contributed by atoms with Gasteiger partial charge in [0.05, 0.1) is 17.9 Å². The van der Waals surface area contributed by atoms with Crippen LogP contribution in [0.3, 0.4) is 0 Å². The van der Waals surface area contributed by atoms with Crippen molar-refractivity contribution in [2.24, 2.45) is 5.92 Å². The van der Waals surface area contributed by atoms with Crippen LogP contribution in [0.2, 0.25) is 0 Å². The number of carbonyl (C=O) groups excluding carboxylic acids is 1. The minimum Gasteiger partial charge on any atom is -0.491 e. The summed E-state index contributed by atoms with van der Waals surface area (Å²) >= 11 is 0. The lowest BCUT2D eigenvalue weighted by Crippen LogP contribution is -2.15. The highest BCUT2D eigenvalue weighted by atomic mass is 16.5. The fourth-order valence-electron chi connectivity index (χ4n) is 2.66. The molecular formula is C24H25NO3. The molecule has 0 heterocycles. The molecule has 4 heteroatoms. The van der Waals surface area contributed by atoms with Crippen LogP contribution in [0.1, 0.15) is 29.8 Å². The third kappa shape index (κ3) is 5.36. The maximum Gasteiger partial charge on any atom is 0.259 e. The van der Waals surface area contributed by atoms with Crippen LogP contribution in [0.5, 0.6) is 11.5 Å². The van der Waals surface area contributed by atoms with Crippen LogP contribution in [0.25, 0.3) is 0 Å². The van der Waals surface area contributed by atoms with Gasteiger partial charge in [-0.1, -0.05) is 68.4 Å². The van der Waals surface area contributed by atoms with Gasteiger partial charge in [0.2, 0.25) is 0 Å².